The average Bonchev–Trinajstić information content (AvgIpc) is 3.11. The summed E-state index contributed by atoms with van der Waals surface area (Å²) in [6, 6.07) is 7.22. The van der Waals surface area contributed by atoms with Gasteiger partial charge in [-0.25, -0.2) is 4.98 Å². The first-order chi connectivity index (χ1) is 12.2. The van der Waals surface area contributed by atoms with Crippen LogP contribution in [0, 0.1) is 5.92 Å². The fourth-order valence-corrected chi connectivity index (χ4v) is 3.55. The number of thiazole rings is 1. The third-order valence-corrected chi connectivity index (χ3v) is 5.03. The number of anilines is 1. The van der Waals surface area contributed by atoms with Crippen LogP contribution in [-0.2, 0) is 9.53 Å². The van der Waals surface area contributed by atoms with Crippen molar-refractivity contribution in [3.05, 3.63) is 29.6 Å². The molecule has 8 heteroatoms. The number of hydrogen-bond acceptors (Lipinski definition) is 6. The van der Waals surface area contributed by atoms with Gasteiger partial charge in [-0.1, -0.05) is 0 Å². The summed E-state index contributed by atoms with van der Waals surface area (Å²) in [4.78, 5) is 16.8. The molecule has 0 spiro atoms. The monoisotopic (exact) mass is 397 g/mol. The Bertz CT molecular complexity index is 702. The first kappa shape index (κ1) is 20.6. The molecule has 0 radical (unpaired) electrons. The lowest BCUT2D eigenvalue weighted by Gasteiger charge is -2.26. The topological polar surface area (TPSA) is 86.5 Å². The van der Waals surface area contributed by atoms with Crippen molar-refractivity contribution in [3.63, 3.8) is 0 Å². The van der Waals surface area contributed by atoms with Crippen LogP contribution in [0.5, 0.6) is 5.75 Å². The highest BCUT2D eigenvalue weighted by atomic mass is 35.5. The van der Waals surface area contributed by atoms with E-state index in [4.69, 9.17) is 15.2 Å². The van der Waals surface area contributed by atoms with E-state index in [-0.39, 0.29) is 24.2 Å². The molecular formula is C18H24ClN3O3S. The number of amides is 1. The number of nitrogens with one attached hydrogen (secondary N) is 1. The zero-order valence-corrected chi connectivity index (χ0v) is 16.3. The third-order valence-electron chi connectivity index (χ3n) is 4.27. The van der Waals surface area contributed by atoms with Crippen LogP contribution in [0.3, 0.4) is 0 Å². The number of rotatable bonds is 6. The van der Waals surface area contributed by atoms with Crippen LogP contribution < -0.4 is 15.8 Å². The van der Waals surface area contributed by atoms with Crippen molar-refractivity contribution in [1.82, 2.24) is 4.98 Å². The van der Waals surface area contributed by atoms with Crippen molar-refractivity contribution in [2.24, 2.45) is 11.7 Å². The van der Waals surface area contributed by atoms with Crippen LogP contribution in [0.15, 0.2) is 29.6 Å². The highest BCUT2D eigenvalue weighted by molar-refractivity contribution is 7.14. The number of carbonyl (C=O) groups excluding carboxylic acids is 1. The van der Waals surface area contributed by atoms with Gasteiger partial charge in [-0.3, -0.25) is 4.79 Å². The van der Waals surface area contributed by atoms with Gasteiger partial charge >= 0.3 is 0 Å². The highest BCUT2D eigenvalue weighted by Gasteiger charge is 2.27. The third kappa shape index (κ3) is 5.17. The molecule has 0 saturated carbocycles. The Balaban J connectivity index is 0.00000243. The maximum atomic E-state index is 12.3. The predicted molar refractivity (Wildman–Crippen MR) is 106 cm³/mol. The Morgan fingerprint density at radius 3 is 2.73 bits per heavy atom. The van der Waals surface area contributed by atoms with E-state index in [0.29, 0.717) is 25.0 Å². The van der Waals surface area contributed by atoms with E-state index in [1.54, 1.807) is 0 Å². The van der Waals surface area contributed by atoms with E-state index >= 15 is 0 Å². The Kier molecular flexibility index (Phi) is 7.84. The van der Waals surface area contributed by atoms with Crippen LogP contribution in [-0.4, -0.2) is 36.8 Å². The van der Waals surface area contributed by atoms with Crippen molar-refractivity contribution >= 4 is 34.8 Å². The van der Waals surface area contributed by atoms with E-state index in [2.05, 4.69) is 10.3 Å². The Hall–Kier alpha value is -1.67. The van der Waals surface area contributed by atoms with E-state index < -0.39 is 6.04 Å². The van der Waals surface area contributed by atoms with Crippen molar-refractivity contribution < 1.29 is 14.3 Å². The second-order valence-corrected chi connectivity index (χ2v) is 6.82. The maximum absolute atomic E-state index is 12.3. The summed E-state index contributed by atoms with van der Waals surface area (Å²) in [5.41, 5.74) is 7.90. The molecule has 142 valence electrons. The van der Waals surface area contributed by atoms with E-state index in [1.165, 1.54) is 11.3 Å². The van der Waals surface area contributed by atoms with E-state index in [9.17, 15) is 4.79 Å². The predicted octanol–water partition coefficient (Wildman–Crippen LogP) is 3.32. The molecule has 1 atom stereocenters. The molecule has 1 aliphatic heterocycles. The molecule has 6 nitrogen and oxygen atoms in total. The van der Waals surface area contributed by atoms with Gasteiger partial charge in [0, 0.05) is 24.2 Å². The summed E-state index contributed by atoms with van der Waals surface area (Å²) < 4.78 is 10.8. The van der Waals surface area contributed by atoms with Gasteiger partial charge in [-0.2, -0.15) is 0 Å². The second-order valence-electron chi connectivity index (χ2n) is 5.96. The summed E-state index contributed by atoms with van der Waals surface area (Å²) in [5, 5.41) is 5.33. The first-order valence-electron chi connectivity index (χ1n) is 8.50. The number of nitrogens with two attached hydrogens (primary N) is 1. The van der Waals surface area contributed by atoms with Crippen molar-refractivity contribution in [1.29, 1.82) is 0 Å². The molecular weight excluding hydrogens is 374 g/mol. The number of carbonyl (C=O) groups is 1. The number of aromatic nitrogens is 1. The van der Waals surface area contributed by atoms with Gasteiger partial charge in [-0.15, -0.1) is 23.7 Å². The lowest BCUT2D eigenvalue weighted by molar-refractivity contribution is -0.119. The Morgan fingerprint density at radius 2 is 2.08 bits per heavy atom. The minimum atomic E-state index is -0.526. The lowest BCUT2D eigenvalue weighted by atomic mass is 9.92. The summed E-state index contributed by atoms with van der Waals surface area (Å²) in [7, 11) is 0. The maximum Gasteiger partial charge on any atom is 0.243 e. The van der Waals surface area contributed by atoms with Gasteiger partial charge in [0.05, 0.1) is 18.3 Å². The normalized spacial score (nSPS) is 15.8. The molecule has 1 amide bonds. The summed E-state index contributed by atoms with van der Waals surface area (Å²) >= 11 is 1.40. The smallest absolute Gasteiger partial charge is 0.243 e. The molecule has 2 aromatic rings. The molecule has 1 unspecified atom stereocenters. The van der Waals surface area contributed by atoms with Gasteiger partial charge in [-0.05, 0) is 49.9 Å². The van der Waals surface area contributed by atoms with Crippen molar-refractivity contribution in [2.75, 3.05) is 25.1 Å². The van der Waals surface area contributed by atoms with Gasteiger partial charge in [0.25, 0.3) is 0 Å². The number of benzene rings is 1. The van der Waals surface area contributed by atoms with Gasteiger partial charge < -0.3 is 20.5 Å². The molecule has 0 aliphatic carbocycles. The van der Waals surface area contributed by atoms with Crippen LogP contribution in [0.2, 0.25) is 0 Å². The fourth-order valence-electron chi connectivity index (χ4n) is 2.83. The fraction of sp³-hybridized carbons (Fsp3) is 0.444. The molecule has 1 aromatic carbocycles. The van der Waals surface area contributed by atoms with Gasteiger partial charge in [0.15, 0.2) is 5.13 Å². The minimum absolute atomic E-state index is 0. The van der Waals surface area contributed by atoms with Gasteiger partial charge in [0.1, 0.15) is 5.75 Å². The van der Waals surface area contributed by atoms with Gasteiger partial charge in [0.2, 0.25) is 5.91 Å². The number of nitrogens with zero attached hydrogens (tertiary/aromatic N) is 1. The second kappa shape index (κ2) is 9.87. The molecule has 1 aliphatic rings. The summed E-state index contributed by atoms with van der Waals surface area (Å²) in [5.74, 6) is 0.816. The Labute approximate surface area is 163 Å². The standard InChI is InChI=1S/C18H23N3O3S.ClH/c1-2-24-14-5-3-12(4-6-14)15-11-25-18(20-15)21-17(22)16(19)13-7-9-23-10-8-13;/h3-6,11,13,16H,2,7-10,19H2,1H3,(H,20,21,22);1H. The number of halogens is 1. The van der Waals surface area contributed by atoms with Crippen molar-refractivity contribution in [2.45, 2.75) is 25.8 Å². The number of hydrogen-bond donors (Lipinski definition) is 2. The molecule has 3 rings (SSSR count). The molecule has 1 fully saturated rings. The average molecular weight is 398 g/mol. The minimum Gasteiger partial charge on any atom is -0.494 e. The summed E-state index contributed by atoms with van der Waals surface area (Å²) in [6.45, 7) is 3.93. The Morgan fingerprint density at radius 1 is 1.38 bits per heavy atom. The number of ether oxygens (including phenoxy) is 2. The van der Waals surface area contributed by atoms with Crippen molar-refractivity contribution in [3.8, 4) is 17.0 Å². The van der Waals surface area contributed by atoms with Crippen LogP contribution in [0.25, 0.3) is 11.3 Å². The zero-order valence-electron chi connectivity index (χ0n) is 14.6. The molecule has 1 aromatic heterocycles. The highest BCUT2D eigenvalue weighted by Crippen LogP contribution is 2.27. The largest absolute Gasteiger partial charge is 0.494 e. The molecule has 1 saturated heterocycles. The molecule has 2 heterocycles. The zero-order chi connectivity index (χ0) is 17.6. The first-order valence-corrected chi connectivity index (χ1v) is 9.38. The molecule has 0 bridgehead atoms. The molecule has 3 N–H and O–H groups in total. The SMILES string of the molecule is CCOc1ccc(-c2csc(NC(=O)C(N)C3CCOCC3)n2)cc1.Cl. The lowest BCUT2D eigenvalue weighted by Crippen LogP contribution is -2.43. The summed E-state index contributed by atoms with van der Waals surface area (Å²) in [6.07, 6.45) is 1.65. The molecule has 26 heavy (non-hydrogen) atoms. The van der Waals surface area contributed by atoms with E-state index in [0.717, 1.165) is 29.8 Å². The van der Waals surface area contributed by atoms with Crippen LogP contribution in [0.4, 0.5) is 5.13 Å². The quantitative estimate of drug-likeness (QED) is 0.780. The van der Waals surface area contributed by atoms with E-state index in [1.807, 2.05) is 36.6 Å². The van der Waals surface area contributed by atoms with Crippen LogP contribution in [0.1, 0.15) is 19.8 Å². The van der Waals surface area contributed by atoms with Crippen LogP contribution >= 0.6 is 23.7 Å².